The van der Waals surface area contributed by atoms with Crippen LogP contribution in [0.5, 0.6) is 0 Å². The Balaban J connectivity index is 2.19. The lowest BCUT2D eigenvalue weighted by atomic mass is 9.99. The van der Waals surface area contributed by atoms with Gasteiger partial charge in [-0.1, -0.05) is 26.2 Å². The van der Waals surface area contributed by atoms with Crippen molar-refractivity contribution in [2.24, 2.45) is 0 Å². The Hall–Kier alpha value is -0.610. The lowest BCUT2D eigenvalue weighted by molar-refractivity contribution is -0.120. The molecule has 1 saturated carbocycles. The summed E-state index contributed by atoms with van der Waals surface area (Å²) in [5.41, 5.74) is -0.192. The normalized spacial score (nSPS) is 18.6. The molecule has 0 aliphatic heterocycles. The predicted molar refractivity (Wildman–Crippen MR) is 64.2 cm³/mol. The molecule has 1 aliphatic rings. The van der Waals surface area contributed by atoms with Gasteiger partial charge < -0.3 is 15.7 Å². The molecular weight excluding hydrogens is 204 g/mol. The summed E-state index contributed by atoms with van der Waals surface area (Å²) in [6.07, 6.45) is 6.36. The summed E-state index contributed by atoms with van der Waals surface area (Å²) in [4.78, 5) is 11.5. The van der Waals surface area contributed by atoms with E-state index in [0.717, 1.165) is 45.1 Å². The first kappa shape index (κ1) is 13.5. The molecule has 4 heteroatoms. The third-order valence-corrected chi connectivity index (χ3v) is 3.34. The van der Waals surface area contributed by atoms with E-state index < -0.39 is 0 Å². The van der Waals surface area contributed by atoms with Crippen molar-refractivity contribution in [2.45, 2.75) is 51.0 Å². The molecule has 0 radical (unpaired) electrons. The molecule has 0 aromatic carbocycles. The van der Waals surface area contributed by atoms with Crippen LogP contribution in [0, 0.1) is 0 Å². The van der Waals surface area contributed by atoms with Crippen molar-refractivity contribution in [3.8, 4) is 0 Å². The Bertz CT molecular complexity index is 213. The van der Waals surface area contributed by atoms with Gasteiger partial charge in [0, 0.05) is 12.1 Å². The number of rotatable bonds is 7. The Kier molecular flexibility index (Phi) is 5.77. The predicted octanol–water partition coefficient (Wildman–Crippen LogP) is 0.797. The molecule has 0 aromatic rings. The summed E-state index contributed by atoms with van der Waals surface area (Å²) < 4.78 is 0. The van der Waals surface area contributed by atoms with Crippen molar-refractivity contribution in [2.75, 3.05) is 19.7 Å². The zero-order valence-electron chi connectivity index (χ0n) is 10.2. The third kappa shape index (κ3) is 4.10. The second-order valence-corrected chi connectivity index (χ2v) is 4.70. The minimum atomic E-state index is -0.192. The molecule has 0 heterocycles. The molecule has 1 fully saturated rings. The van der Waals surface area contributed by atoms with E-state index in [-0.39, 0.29) is 18.1 Å². The zero-order chi connectivity index (χ0) is 11.9. The Morgan fingerprint density at radius 1 is 1.38 bits per heavy atom. The zero-order valence-corrected chi connectivity index (χ0v) is 10.2. The molecule has 1 aliphatic carbocycles. The van der Waals surface area contributed by atoms with Gasteiger partial charge in [0.15, 0.2) is 0 Å². The van der Waals surface area contributed by atoms with Gasteiger partial charge >= 0.3 is 0 Å². The first-order chi connectivity index (χ1) is 7.72. The standard InChI is InChI=1S/C12H24N2O2/c1-2-3-8-13-11(16)9-14-12(10-15)6-4-5-7-12/h14-15H,2-10H2,1H3,(H,13,16). The average molecular weight is 228 g/mol. The molecule has 16 heavy (non-hydrogen) atoms. The van der Waals surface area contributed by atoms with Crippen molar-refractivity contribution in [1.82, 2.24) is 10.6 Å². The smallest absolute Gasteiger partial charge is 0.233 e. The largest absolute Gasteiger partial charge is 0.394 e. The minimum Gasteiger partial charge on any atom is -0.394 e. The van der Waals surface area contributed by atoms with Crippen LogP contribution in [-0.4, -0.2) is 36.2 Å². The number of hydrogen-bond donors (Lipinski definition) is 3. The van der Waals surface area contributed by atoms with E-state index in [1.165, 1.54) is 0 Å². The highest BCUT2D eigenvalue weighted by molar-refractivity contribution is 5.78. The number of carbonyl (C=O) groups is 1. The van der Waals surface area contributed by atoms with E-state index >= 15 is 0 Å². The van der Waals surface area contributed by atoms with Crippen LogP contribution in [0.4, 0.5) is 0 Å². The summed E-state index contributed by atoms with van der Waals surface area (Å²) in [6, 6.07) is 0. The van der Waals surface area contributed by atoms with E-state index in [0.29, 0.717) is 6.54 Å². The van der Waals surface area contributed by atoms with Crippen molar-refractivity contribution in [3.63, 3.8) is 0 Å². The fraction of sp³-hybridized carbons (Fsp3) is 0.917. The van der Waals surface area contributed by atoms with E-state index in [1.807, 2.05) is 0 Å². The SMILES string of the molecule is CCCCNC(=O)CNC1(CO)CCCC1. The first-order valence-corrected chi connectivity index (χ1v) is 6.35. The molecule has 0 saturated heterocycles. The molecule has 0 aromatic heterocycles. The number of amides is 1. The molecule has 0 atom stereocenters. The van der Waals surface area contributed by atoms with Gasteiger partial charge in [-0.15, -0.1) is 0 Å². The maximum atomic E-state index is 11.5. The molecule has 0 spiro atoms. The van der Waals surface area contributed by atoms with E-state index in [2.05, 4.69) is 17.6 Å². The van der Waals surface area contributed by atoms with Gasteiger partial charge in [-0.2, -0.15) is 0 Å². The van der Waals surface area contributed by atoms with Crippen molar-refractivity contribution in [1.29, 1.82) is 0 Å². The summed E-state index contributed by atoms with van der Waals surface area (Å²) >= 11 is 0. The van der Waals surface area contributed by atoms with Crippen LogP contribution in [-0.2, 0) is 4.79 Å². The highest BCUT2D eigenvalue weighted by Crippen LogP contribution is 2.28. The van der Waals surface area contributed by atoms with Crippen LogP contribution in [0.1, 0.15) is 45.4 Å². The Labute approximate surface area is 97.8 Å². The quantitative estimate of drug-likeness (QED) is 0.565. The molecule has 94 valence electrons. The van der Waals surface area contributed by atoms with Crippen LogP contribution in [0.25, 0.3) is 0 Å². The fourth-order valence-corrected chi connectivity index (χ4v) is 2.18. The molecule has 3 N–H and O–H groups in total. The van der Waals surface area contributed by atoms with Crippen molar-refractivity contribution in [3.05, 3.63) is 0 Å². The van der Waals surface area contributed by atoms with E-state index in [4.69, 9.17) is 0 Å². The third-order valence-electron chi connectivity index (χ3n) is 3.34. The highest BCUT2D eigenvalue weighted by Gasteiger charge is 2.32. The fourth-order valence-electron chi connectivity index (χ4n) is 2.18. The molecule has 0 unspecified atom stereocenters. The minimum absolute atomic E-state index is 0.0353. The van der Waals surface area contributed by atoms with Gasteiger partial charge in [-0.25, -0.2) is 0 Å². The molecule has 1 rings (SSSR count). The van der Waals surface area contributed by atoms with Gasteiger partial charge in [0.2, 0.25) is 5.91 Å². The van der Waals surface area contributed by atoms with Gasteiger partial charge in [0.25, 0.3) is 0 Å². The molecule has 4 nitrogen and oxygen atoms in total. The monoisotopic (exact) mass is 228 g/mol. The second kappa shape index (κ2) is 6.86. The van der Waals surface area contributed by atoms with Gasteiger partial charge in [0.1, 0.15) is 0 Å². The van der Waals surface area contributed by atoms with Crippen molar-refractivity contribution < 1.29 is 9.90 Å². The van der Waals surface area contributed by atoms with Crippen molar-refractivity contribution >= 4 is 5.91 Å². The first-order valence-electron chi connectivity index (χ1n) is 6.35. The maximum absolute atomic E-state index is 11.5. The summed E-state index contributed by atoms with van der Waals surface area (Å²) in [6.45, 7) is 3.31. The van der Waals surface area contributed by atoms with Crippen LogP contribution in [0.2, 0.25) is 0 Å². The van der Waals surface area contributed by atoms with Gasteiger partial charge in [-0.05, 0) is 19.3 Å². The summed E-state index contributed by atoms with van der Waals surface area (Å²) in [5.74, 6) is 0.0353. The molecular formula is C12H24N2O2. The van der Waals surface area contributed by atoms with Crippen LogP contribution >= 0.6 is 0 Å². The number of aliphatic hydroxyl groups is 1. The summed E-state index contributed by atoms with van der Waals surface area (Å²) in [7, 11) is 0. The van der Waals surface area contributed by atoms with E-state index in [9.17, 15) is 9.90 Å². The number of aliphatic hydroxyl groups excluding tert-OH is 1. The average Bonchev–Trinajstić information content (AvgIpc) is 2.76. The van der Waals surface area contributed by atoms with E-state index in [1.54, 1.807) is 0 Å². The number of carbonyl (C=O) groups excluding carboxylic acids is 1. The lowest BCUT2D eigenvalue weighted by Crippen LogP contribution is -2.50. The van der Waals surface area contributed by atoms with Gasteiger partial charge in [-0.3, -0.25) is 4.79 Å². The second-order valence-electron chi connectivity index (χ2n) is 4.70. The molecule has 0 bridgehead atoms. The Morgan fingerprint density at radius 3 is 2.62 bits per heavy atom. The lowest BCUT2D eigenvalue weighted by Gasteiger charge is -2.27. The van der Waals surface area contributed by atoms with Crippen LogP contribution in [0.15, 0.2) is 0 Å². The number of unbranched alkanes of at least 4 members (excludes halogenated alkanes) is 1. The number of nitrogens with one attached hydrogen (secondary N) is 2. The van der Waals surface area contributed by atoms with Crippen LogP contribution < -0.4 is 10.6 Å². The Morgan fingerprint density at radius 2 is 2.06 bits per heavy atom. The number of hydrogen-bond acceptors (Lipinski definition) is 3. The maximum Gasteiger partial charge on any atom is 0.233 e. The van der Waals surface area contributed by atoms with Crippen LogP contribution in [0.3, 0.4) is 0 Å². The summed E-state index contributed by atoms with van der Waals surface area (Å²) in [5, 5.41) is 15.4. The van der Waals surface area contributed by atoms with Gasteiger partial charge in [0.05, 0.1) is 13.2 Å². The highest BCUT2D eigenvalue weighted by atomic mass is 16.3. The molecule has 1 amide bonds. The topological polar surface area (TPSA) is 61.4 Å².